The maximum Gasteiger partial charge on any atom is 0.243 e. The van der Waals surface area contributed by atoms with E-state index in [1.165, 1.54) is 6.92 Å². The molecule has 0 radical (unpaired) electrons. The Kier molecular flexibility index (Phi) is 10.0. The summed E-state index contributed by atoms with van der Waals surface area (Å²) in [5.74, 6) is 1.18. The second-order valence-corrected chi connectivity index (χ2v) is 5.04. The molecule has 0 aromatic rings. The number of hydrogen-bond acceptors (Lipinski definition) is 5. The molecule has 2 amide bonds. The average molecular weight is 312 g/mol. The number of amides is 2. The van der Waals surface area contributed by atoms with E-state index in [0.29, 0.717) is 31.3 Å². The maximum absolute atomic E-state index is 11.9. The molecule has 1 saturated heterocycles. The molecule has 19 heavy (non-hydrogen) atoms. The van der Waals surface area contributed by atoms with E-state index < -0.39 is 0 Å². The van der Waals surface area contributed by atoms with Crippen LogP contribution in [0.4, 0.5) is 0 Å². The third-order valence-electron chi connectivity index (χ3n) is 2.67. The van der Waals surface area contributed by atoms with Gasteiger partial charge >= 0.3 is 0 Å². The first-order valence-corrected chi connectivity index (χ1v) is 7.14. The zero-order chi connectivity index (χ0) is 13.4. The molecule has 1 aliphatic rings. The van der Waals surface area contributed by atoms with Crippen molar-refractivity contribution in [3.8, 4) is 0 Å². The number of carbonyl (C=O) groups is 2. The summed E-state index contributed by atoms with van der Waals surface area (Å²) in [6.45, 7) is 4.19. The summed E-state index contributed by atoms with van der Waals surface area (Å²) in [6, 6.07) is -0.313. The molecule has 1 rings (SSSR count). The van der Waals surface area contributed by atoms with Gasteiger partial charge in [-0.15, -0.1) is 24.2 Å². The van der Waals surface area contributed by atoms with Crippen LogP contribution < -0.4 is 10.6 Å². The Morgan fingerprint density at radius 2 is 2.11 bits per heavy atom. The van der Waals surface area contributed by atoms with Gasteiger partial charge in [-0.3, -0.25) is 9.59 Å². The zero-order valence-electron chi connectivity index (χ0n) is 11.3. The monoisotopic (exact) mass is 311 g/mol. The molecule has 6 nitrogen and oxygen atoms in total. The summed E-state index contributed by atoms with van der Waals surface area (Å²) in [4.78, 5) is 24.8. The number of rotatable bonds is 7. The normalized spacial score (nSPS) is 18.0. The van der Waals surface area contributed by atoms with Gasteiger partial charge in [0, 0.05) is 39.4 Å². The van der Waals surface area contributed by atoms with Crippen LogP contribution in [-0.4, -0.2) is 67.7 Å². The lowest BCUT2D eigenvalue weighted by Gasteiger charge is -2.21. The molecule has 0 saturated carbocycles. The van der Waals surface area contributed by atoms with Gasteiger partial charge in [-0.2, -0.15) is 0 Å². The number of carbonyl (C=O) groups excluding carboxylic acids is 2. The van der Waals surface area contributed by atoms with Crippen molar-refractivity contribution in [1.82, 2.24) is 15.5 Å². The van der Waals surface area contributed by atoms with Crippen LogP contribution in [0.15, 0.2) is 0 Å². The van der Waals surface area contributed by atoms with Crippen LogP contribution in [0.2, 0.25) is 0 Å². The quantitative estimate of drug-likeness (QED) is 0.631. The molecule has 0 spiro atoms. The summed E-state index contributed by atoms with van der Waals surface area (Å²) in [7, 11) is 1.65. The van der Waals surface area contributed by atoms with Gasteiger partial charge in [0.2, 0.25) is 11.8 Å². The van der Waals surface area contributed by atoms with Crippen LogP contribution in [0.3, 0.4) is 0 Å². The minimum atomic E-state index is -0.313. The summed E-state index contributed by atoms with van der Waals surface area (Å²) in [5, 5.41) is 5.98. The highest BCUT2D eigenvalue weighted by Crippen LogP contribution is 2.20. The lowest BCUT2D eigenvalue weighted by Crippen LogP contribution is -2.47. The third kappa shape index (κ3) is 6.47. The van der Waals surface area contributed by atoms with Gasteiger partial charge < -0.3 is 20.3 Å². The number of nitrogens with one attached hydrogen (secondary N) is 2. The summed E-state index contributed by atoms with van der Waals surface area (Å²) < 4.78 is 4.89. The summed E-state index contributed by atoms with van der Waals surface area (Å²) >= 11 is 1.61. The van der Waals surface area contributed by atoms with E-state index in [9.17, 15) is 9.59 Å². The van der Waals surface area contributed by atoms with Crippen molar-refractivity contribution < 1.29 is 14.3 Å². The second-order valence-electron chi connectivity index (χ2n) is 4.04. The van der Waals surface area contributed by atoms with Crippen molar-refractivity contribution in [3.05, 3.63) is 0 Å². The highest BCUT2D eigenvalue weighted by molar-refractivity contribution is 7.99. The Morgan fingerprint density at radius 3 is 2.74 bits per heavy atom. The average Bonchev–Trinajstić information content (AvgIpc) is 2.82. The molecule has 1 unspecified atom stereocenters. The van der Waals surface area contributed by atoms with Gasteiger partial charge in [-0.1, -0.05) is 0 Å². The lowest BCUT2D eigenvalue weighted by atomic mass is 10.2. The van der Waals surface area contributed by atoms with Crippen LogP contribution in [0.25, 0.3) is 0 Å². The molecule has 0 aromatic carbocycles. The standard InChI is InChI=1S/C11H21N3O3S.ClH/c1-9(15)14-8-18-7-10(14)11(16)13-4-3-12-5-6-17-2;/h10,12H,3-8H2,1-2H3,(H,13,16);1H. The van der Waals surface area contributed by atoms with Gasteiger partial charge in [0.15, 0.2) is 0 Å². The van der Waals surface area contributed by atoms with E-state index in [2.05, 4.69) is 10.6 Å². The molecule has 8 heteroatoms. The SMILES string of the molecule is COCCNCCNC(=O)C1CSCN1C(C)=O.Cl. The van der Waals surface area contributed by atoms with Crippen molar-refractivity contribution in [1.29, 1.82) is 0 Å². The summed E-state index contributed by atoms with van der Waals surface area (Å²) in [5.41, 5.74) is 0. The first-order chi connectivity index (χ1) is 8.66. The van der Waals surface area contributed by atoms with Crippen molar-refractivity contribution >= 4 is 36.0 Å². The van der Waals surface area contributed by atoms with Crippen molar-refractivity contribution in [2.75, 3.05) is 45.0 Å². The van der Waals surface area contributed by atoms with E-state index in [0.717, 1.165) is 6.54 Å². The molecule has 2 N–H and O–H groups in total. The molecule has 1 aliphatic heterocycles. The Labute approximate surface area is 124 Å². The minimum Gasteiger partial charge on any atom is -0.383 e. The number of ether oxygens (including phenoxy) is 1. The molecule has 0 aliphatic carbocycles. The van der Waals surface area contributed by atoms with Gasteiger partial charge in [0.25, 0.3) is 0 Å². The van der Waals surface area contributed by atoms with Gasteiger partial charge in [0.1, 0.15) is 6.04 Å². The first kappa shape index (κ1) is 18.5. The minimum absolute atomic E-state index is 0. The number of hydrogen-bond donors (Lipinski definition) is 2. The predicted octanol–water partition coefficient (Wildman–Crippen LogP) is -0.318. The predicted molar refractivity (Wildman–Crippen MR) is 78.6 cm³/mol. The smallest absolute Gasteiger partial charge is 0.243 e. The largest absolute Gasteiger partial charge is 0.383 e. The molecular weight excluding hydrogens is 290 g/mol. The fourth-order valence-corrected chi connectivity index (χ4v) is 2.88. The van der Waals surface area contributed by atoms with Gasteiger partial charge in [0.05, 0.1) is 12.5 Å². The van der Waals surface area contributed by atoms with Crippen LogP contribution >= 0.6 is 24.2 Å². The van der Waals surface area contributed by atoms with Crippen molar-refractivity contribution in [2.24, 2.45) is 0 Å². The van der Waals surface area contributed by atoms with Crippen LogP contribution in [0.5, 0.6) is 0 Å². The fraction of sp³-hybridized carbons (Fsp3) is 0.818. The van der Waals surface area contributed by atoms with E-state index in [-0.39, 0.29) is 30.3 Å². The van der Waals surface area contributed by atoms with Gasteiger partial charge in [-0.25, -0.2) is 0 Å². The molecule has 112 valence electrons. The maximum atomic E-state index is 11.9. The molecule has 0 bridgehead atoms. The molecule has 1 atom stereocenters. The number of thioether (sulfide) groups is 1. The second kappa shape index (κ2) is 10.3. The Bertz CT molecular complexity index is 294. The van der Waals surface area contributed by atoms with Gasteiger partial charge in [-0.05, 0) is 0 Å². The Morgan fingerprint density at radius 1 is 1.37 bits per heavy atom. The van der Waals surface area contributed by atoms with Crippen LogP contribution in [-0.2, 0) is 14.3 Å². The highest BCUT2D eigenvalue weighted by atomic mass is 35.5. The molecule has 0 aromatic heterocycles. The third-order valence-corrected chi connectivity index (χ3v) is 3.69. The number of halogens is 1. The Balaban J connectivity index is 0.00000324. The topological polar surface area (TPSA) is 70.7 Å². The Hall–Kier alpha value is -0.500. The number of methoxy groups -OCH3 is 1. The zero-order valence-corrected chi connectivity index (χ0v) is 12.9. The lowest BCUT2D eigenvalue weighted by molar-refractivity contribution is -0.136. The van der Waals surface area contributed by atoms with E-state index in [4.69, 9.17) is 4.74 Å². The van der Waals surface area contributed by atoms with Crippen LogP contribution in [0.1, 0.15) is 6.92 Å². The first-order valence-electron chi connectivity index (χ1n) is 5.99. The number of nitrogens with zero attached hydrogens (tertiary/aromatic N) is 1. The van der Waals surface area contributed by atoms with Crippen molar-refractivity contribution in [2.45, 2.75) is 13.0 Å². The van der Waals surface area contributed by atoms with Crippen LogP contribution in [0, 0.1) is 0 Å². The molecule has 1 fully saturated rings. The summed E-state index contributed by atoms with van der Waals surface area (Å²) in [6.07, 6.45) is 0. The van der Waals surface area contributed by atoms with Crippen molar-refractivity contribution in [3.63, 3.8) is 0 Å². The fourth-order valence-electron chi connectivity index (χ4n) is 1.66. The molecule has 1 heterocycles. The molecular formula is C11H22ClN3O3S. The van der Waals surface area contributed by atoms with E-state index in [1.54, 1.807) is 23.8 Å². The van der Waals surface area contributed by atoms with E-state index >= 15 is 0 Å². The highest BCUT2D eigenvalue weighted by Gasteiger charge is 2.32. The van der Waals surface area contributed by atoms with E-state index in [1.807, 2.05) is 0 Å².